The lowest BCUT2D eigenvalue weighted by Crippen LogP contribution is -2.19. The summed E-state index contributed by atoms with van der Waals surface area (Å²) in [6.45, 7) is 0. The molecule has 1 saturated carbocycles. The van der Waals surface area contributed by atoms with Crippen LogP contribution in [-0.2, 0) is 5.41 Å². The molecule has 0 radical (unpaired) electrons. The van der Waals surface area contributed by atoms with Crippen molar-refractivity contribution in [1.29, 1.82) is 5.26 Å². The maximum Gasteiger partial charge on any atom is 0.153 e. The minimum Gasteiger partial charge on any atom is -0.237 e. The summed E-state index contributed by atoms with van der Waals surface area (Å²) in [4.78, 5) is 4.31. The Bertz CT molecular complexity index is 574. The molecule has 0 N–H and O–H groups in total. The van der Waals surface area contributed by atoms with E-state index in [1.807, 2.05) is 24.4 Å². The highest BCUT2D eigenvalue weighted by molar-refractivity contribution is 5.37. The first-order chi connectivity index (χ1) is 8.84. The van der Waals surface area contributed by atoms with E-state index in [0.717, 1.165) is 37.1 Å². The Morgan fingerprint density at radius 3 is 2.78 bits per heavy atom. The molecule has 0 atom stereocenters. The molecule has 90 valence electrons. The molecule has 0 unspecified atom stereocenters. The zero-order valence-electron chi connectivity index (χ0n) is 10.1. The van der Waals surface area contributed by atoms with Gasteiger partial charge < -0.3 is 0 Å². The number of nitrogens with zero attached hydrogens (tertiary/aromatic N) is 4. The number of hydrogen-bond donors (Lipinski definition) is 0. The van der Waals surface area contributed by atoms with E-state index in [2.05, 4.69) is 16.2 Å². The van der Waals surface area contributed by atoms with E-state index in [1.165, 1.54) is 0 Å². The predicted molar refractivity (Wildman–Crippen MR) is 67.1 cm³/mol. The van der Waals surface area contributed by atoms with Gasteiger partial charge in [-0.3, -0.25) is 0 Å². The fourth-order valence-electron chi connectivity index (χ4n) is 2.69. The maximum atomic E-state index is 9.50. The minimum atomic E-state index is -0.315. The molecule has 2 aromatic heterocycles. The van der Waals surface area contributed by atoms with Gasteiger partial charge in [-0.25, -0.2) is 9.67 Å². The molecule has 4 nitrogen and oxygen atoms in total. The molecule has 0 spiro atoms. The van der Waals surface area contributed by atoms with Crippen molar-refractivity contribution >= 4 is 0 Å². The van der Waals surface area contributed by atoms with E-state index in [0.29, 0.717) is 0 Å². The number of nitriles is 1. The third-order valence-electron chi connectivity index (χ3n) is 3.71. The molecule has 3 rings (SSSR count). The average Bonchev–Trinajstić information content (AvgIpc) is 3.11. The Labute approximate surface area is 106 Å². The Balaban J connectivity index is 2.04. The zero-order chi connectivity index (χ0) is 12.4. The van der Waals surface area contributed by atoms with Gasteiger partial charge in [0.2, 0.25) is 0 Å². The van der Waals surface area contributed by atoms with E-state index in [4.69, 9.17) is 0 Å². The van der Waals surface area contributed by atoms with Crippen LogP contribution in [0.5, 0.6) is 0 Å². The number of hydrogen-bond acceptors (Lipinski definition) is 3. The Morgan fingerprint density at radius 1 is 1.28 bits per heavy atom. The summed E-state index contributed by atoms with van der Waals surface area (Å²) < 4.78 is 1.73. The summed E-state index contributed by atoms with van der Waals surface area (Å²) in [5.74, 6) is 0.777. The predicted octanol–water partition coefficient (Wildman–Crippen LogP) is 2.60. The van der Waals surface area contributed by atoms with Crippen molar-refractivity contribution in [3.05, 3.63) is 42.4 Å². The summed E-state index contributed by atoms with van der Waals surface area (Å²) in [6, 6.07) is 8.32. The monoisotopic (exact) mass is 238 g/mol. The molecule has 1 aliphatic carbocycles. The van der Waals surface area contributed by atoms with Crippen LogP contribution in [-0.4, -0.2) is 14.8 Å². The fraction of sp³-hybridized carbons (Fsp3) is 0.357. The van der Waals surface area contributed by atoms with Crippen LogP contribution in [0.25, 0.3) is 5.82 Å². The first kappa shape index (κ1) is 11.0. The first-order valence-electron chi connectivity index (χ1n) is 6.22. The zero-order valence-corrected chi connectivity index (χ0v) is 10.1. The molecule has 4 heteroatoms. The van der Waals surface area contributed by atoms with Crippen molar-refractivity contribution in [1.82, 2.24) is 14.8 Å². The molecule has 1 aliphatic rings. The highest BCUT2D eigenvalue weighted by Crippen LogP contribution is 2.40. The van der Waals surface area contributed by atoms with Crippen LogP contribution in [0.1, 0.15) is 31.2 Å². The van der Waals surface area contributed by atoms with Crippen molar-refractivity contribution in [3.8, 4) is 11.9 Å². The molecular weight excluding hydrogens is 224 g/mol. The lowest BCUT2D eigenvalue weighted by Gasteiger charge is -2.20. The quantitative estimate of drug-likeness (QED) is 0.808. The van der Waals surface area contributed by atoms with E-state index < -0.39 is 0 Å². The topological polar surface area (TPSA) is 54.5 Å². The van der Waals surface area contributed by atoms with Crippen LogP contribution in [0, 0.1) is 11.3 Å². The second-order valence-electron chi connectivity index (χ2n) is 4.75. The molecule has 0 saturated heterocycles. The molecule has 1 fully saturated rings. The number of rotatable bonds is 2. The summed E-state index contributed by atoms with van der Waals surface area (Å²) >= 11 is 0. The van der Waals surface area contributed by atoms with Crippen molar-refractivity contribution < 1.29 is 0 Å². The van der Waals surface area contributed by atoms with Gasteiger partial charge in [-0.2, -0.15) is 10.4 Å². The lowest BCUT2D eigenvalue weighted by molar-refractivity contribution is 0.571. The molecule has 0 amide bonds. The van der Waals surface area contributed by atoms with Gasteiger partial charge in [0, 0.05) is 18.6 Å². The second-order valence-corrected chi connectivity index (χ2v) is 4.75. The Morgan fingerprint density at radius 2 is 2.11 bits per heavy atom. The summed E-state index contributed by atoms with van der Waals surface area (Å²) in [7, 11) is 0. The van der Waals surface area contributed by atoms with Gasteiger partial charge in [0.15, 0.2) is 5.82 Å². The van der Waals surface area contributed by atoms with Gasteiger partial charge in [-0.1, -0.05) is 12.8 Å². The third-order valence-corrected chi connectivity index (χ3v) is 3.71. The average molecular weight is 238 g/mol. The van der Waals surface area contributed by atoms with Crippen LogP contribution < -0.4 is 0 Å². The second kappa shape index (κ2) is 4.26. The highest BCUT2D eigenvalue weighted by Gasteiger charge is 2.36. The standard InChI is InChI=1S/C14H14N4/c15-11-14(5-1-2-6-14)12-4-8-16-13(10-12)18-9-3-7-17-18/h3-4,7-10H,1-2,5-6H2. The molecule has 0 bridgehead atoms. The van der Waals surface area contributed by atoms with Crippen LogP contribution in [0.4, 0.5) is 0 Å². The fourth-order valence-corrected chi connectivity index (χ4v) is 2.69. The van der Waals surface area contributed by atoms with Crippen LogP contribution in [0.15, 0.2) is 36.8 Å². The van der Waals surface area contributed by atoms with Crippen molar-refractivity contribution in [2.24, 2.45) is 0 Å². The SMILES string of the molecule is N#CC1(c2ccnc(-n3cccn3)c2)CCCC1. The Hall–Kier alpha value is -2.15. The van der Waals surface area contributed by atoms with Crippen LogP contribution >= 0.6 is 0 Å². The summed E-state index contributed by atoms with van der Waals surface area (Å²) in [5.41, 5.74) is 0.758. The van der Waals surface area contributed by atoms with Crippen molar-refractivity contribution in [2.45, 2.75) is 31.1 Å². The molecule has 2 heterocycles. The van der Waals surface area contributed by atoms with Gasteiger partial charge in [0.05, 0.1) is 11.5 Å². The summed E-state index contributed by atoms with van der Waals surface area (Å²) in [5, 5.41) is 13.7. The molecular formula is C14H14N4. The van der Waals surface area contributed by atoms with Crippen LogP contribution in [0.3, 0.4) is 0 Å². The molecule has 2 aromatic rings. The lowest BCUT2D eigenvalue weighted by atomic mass is 9.81. The van der Waals surface area contributed by atoms with Crippen LogP contribution in [0.2, 0.25) is 0 Å². The first-order valence-corrected chi connectivity index (χ1v) is 6.22. The molecule has 0 aromatic carbocycles. The third kappa shape index (κ3) is 1.68. The van der Waals surface area contributed by atoms with Crippen molar-refractivity contribution in [2.75, 3.05) is 0 Å². The van der Waals surface area contributed by atoms with Gasteiger partial charge >= 0.3 is 0 Å². The van der Waals surface area contributed by atoms with E-state index in [9.17, 15) is 5.26 Å². The Kier molecular flexibility index (Phi) is 2.60. The van der Waals surface area contributed by atoms with E-state index >= 15 is 0 Å². The smallest absolute Gasteiger partial charge is 0.153 e. The van der Waals surface area contributed by atoms with Gasteiger partial charge in [0.1, 0.15) is 0 Å². The van der Waals surface area contributed by atoms with Gasteiger partial charge in [-0.05, 0) is 36.6 Å². The van der Waals surface area contributed by atoms with Gasteiger partial charge in [0.25, 0.3) is 0 Å². The van der Waals surface area contributed by atoms with E-state index in [1.54, 1.807) is 17.1 Å². The summed E-state index contributed by atoms with van der Waals surface area (Å²) in [6.07, 6.45) is 9.52. The largest absolute Gasteiger partial charge is 0.237 e. The molecule has 0 aliphatic heterocycles. The normalized spacial score (nSPS) is 17.5. The van der Waals surface area contributed by atoms with Gasteiger partial charge in [-0.15, -0.1) is 0 Å². The molecule has 18 heavy (non-hydrogen) atoms. The van der Waals surface area contributed by atoms with E-state index in [-0.39, 0.29) is 5.41 Å². The minimum absolute atomic E-state index is 0.315. The number of aromatic nitrogens is 3. The van der Waals surface area contributed by atoms with Crippen molar-refractivity contribution in [3.63, 3.8) is 0 Å². The number of pyridine rings is 1. The maximum absolute atomic E-state index is 9.50. The highest BCUT2D eigenvalue weighted by atomic mass is 15.3.